The minimum absolute atomic E-state index is 0.00150. The van der Waals surface area contributed by atoms with Crippen LogP contribution in [0.3, 0.4) is 0 Å². The van der Waals surface area contributed by atoms with Crippen molar-refractivity contribution >= 4 is 22.9 Å². The lowest BCUT2D eigenvalue weighted by molar-refractivity contribution is -0.384. The first kappa shape index (κ1) is 20.8. The Morgan fingerprint density at radius 1 is 1.25 bits per heavy atom. The number of carbonyl (C=O) groups is 1. The van der Waals surface area contributed by atoms with Gasteiger partial charge in [-0.3, -0.25) is 14.9 Å². The summed E-state index contributed by atoms with van der Waals surface area (Å²) >= 11 is 0. The van der Waals surface area contributed by atoms with E-state index >= 15 is 0 Å². The minimum atomic E-state index is -4.80. The number of methoxy groups -OCH3 is 1. The molecule has 0 spiro atoms. The maximum Gasteiger partial charge on any atom is 0.433 e. The Labute approximate surface area is 176 Å². The molecule has 0 fully saturated rings. The second-order valence-electron chi connectivity index (χ2n) is 6.43. The first-order valence-corrected chi connectivity index (χ1v) is 8.82. The molecule has 10 nitrogen and oxygen atoms in total. The van der Waals surface area contributed by atoms with Crippen molar-refractivity contribution < 1.29 is 32.0 Å². The molecule has 32 heavy (non-hydrogen) atoms. The lowest BCUT2D eigenvalue weighted by Crippen LogP contribution is -2.15. The number of amides is 1. The van der Waals surface area contributed by atoms with Crippen LogP contribution in [-0.4, -0.2) is 32.5 Å². The highest BCUT2D eigenvalue weighted by molar-refractivity contribution is 6.03. The molecule has 0 radical (unpaired) electrons. The number of furan rings is 1. The van der Waals surface area contributed by atoms with E-state index in [0.717, 1.165) is 24.3 Å². The molecule has 0 bridgehead atoms. The van der Waals surface area contributed by atoms with E-state index in [4.69, 9.17) is 9.15 Å². The molecule has 13 heteroatoms. The largest absolute Gasteiger partial charge is 0.496 e. The van der Waals surface area contributed by atoms with Crippen LogP contribution in [0.25, 0.3) is 17.1 Å². The molecule has 3 aromatic heterocycles. The number of carbonyl (C=O) groups excluding carboxylic acids is 1. The number of ether oxygens (including phenoxy) is 1. The van der Waals surface area contributed by atoms with Crippen LogP contribution < -0.4 is 10.1 Å². The number of halogens is 3. The van der Waals surface area contributed by atoms with Gasteiger partial charge in [0, 0.05) is 18.2 Å². The highest BCUT2D eigenvalue weighted by Crippen LogP contribution is 2.32. The van der Waals surface area contributed by atoms with Gasteiger partial charge in [0.1, 0.15) is 11.4 Å². The van der Waals surface area contributed by atoms with Crippen LogP contribution in [0.2, 0.25) is 0 Å². The summed E-state index contributed by atoms with van der Waals surface area (Å²) in [5.74, 6) is -0.687. The number of benzene rings is 1. The summed E-state index contributed by atoms with van der Waals surface area (Å²) in [4.78, 5) is 27.1. The summed E-state index contributed by atoms with van der Waals surface area (Å²) in [6.07, 6.45) is -3.51. The van der Waals surface area contributed by atoms with E-state index in [-0.39, 0.29) is 39.9 Å². The lowest BCUT2D eigenvalue weighted by atomic mass is 10.2. The number of hydrogen-bond donors (Lipinski definition) is 1. The topological polar surface area (TPSA) is 125 Å². The van der Waals surface area contributed by atoms with Crippen molar-refractivity contribution in [1.29, 1.82) is 0 Å². The van der Waals surface area contributed by atoms with Gasteiger partial charge in [0.15, 0.2) is 22.8 Å². The number of hydrogen-bond acceptors (Lipinski definition) is 7. The zero-order chi connectivity index (χ0) is 23.0. The fourth-order valence-electron chi connectivity index (χ4n) is 2.91. The maximum absolute atomic E-state index is 13.6. The molecule has 0 aliphatic rings. The summed E-state index contributed by atoms with van der Waals surface area (Å²) in [5.41, 5.74) is -2.23. The van der Waals surface area contributed by atoms with Crippen LogP contribution in [0.15, 0.2) is 53.1 Å². The van der Waals surface area contributed by atoms with E-state index in [9.17, 15) is 28.1 Å². The Kier molecular flexibility index (Phi) is 5.00. The predicted molar refractivity (Wildman–Crippen MR) is 103 cm³/mol. The van der Waals surface area contributed by atoms with Gasteiger partial charge in [0.25, 0.3) is 11.6 Å². The molecular formula is C19H12F3N5O5. The molecule has 0 aliphatic heterocycles. The minimum Gasteiger partial charge on any atom is -0.496 e. The van der Waals surface area contributed by atoms with Crippen LogP contribution in [0, 0.1) is 10.1 Å². The fourth-order valence-corrected chi connectivity index (χ4v) is 2.91. The number of alkyl halides is 3. The Balaban J connectivity index is 1.75. The monoisotopic (exact) mass is 447 g/mol. The molecule has 164 valence electrons. The number of aromatic nitrogens is 3. The number of anilines is 1. The first-order chi connectivity index (χ1) is 15.2. The molecule has 1 aromatic carbocycles. The second-order valence-corrected chi connectivity index (χ2v) is 6.43. The molecule has 0 unspecified atom stereocenters. The van der Waals surface area contributed by atoms with Crippen LogP contribution in [-0.2, 0) is 6.18 Å². The zero-order valence-electron chi connectivity index (χ0n) is 16.1. The molecule has 4 rings (SSSR count). The molecule has 3 heterocycles. The number of nitro groups is 1. The SMILES string of the molecule is COc1cc(NC(=O)c2cc3nc(-c4ccco4)cc(C(F)(F)F)n3n2)cc([N+](=O)[O-])c1. The Morgan fingerprint density at radius 2 is 2.03 bits per heavy atom. The second kappa shape index (κ2) is 7.68. The Morgan fingerprint density at radius 3 is 2.66 bits per heavy atom. The molecule has 1 N–H and O–H groups in total. The van der Waals surface area contributed by atoms with Gasteiger partial charge in [-0.05, 0) is 18.2 Å². The van der Waals surface area contributed by atoms with Crippen molar-refractivity contribution in [3.8, 4) is 17.2 Å². The average Bonchev–Trinajstić information content (AvgIpc) is 3.41. The molecule has 1 amide bonds. The van der Waals surface area contributed by atoms with Gasteiger partial charge in [-0.1, -0.05) is 0 Å². The third kappa shape index (κ3) is 3.95. The fraction of sp³-hybridized carbons (Fsp3) is 0.105. The summed E-state index contributed by atoms with van der Waals surface area (Å²) in [7, 11) is 1.29. The highest BCUT2D eigenvalue weighted by Gasteiger charge is 2.36. The van der Waals surface area contributed by atoms with Crippen molar-refractivity contribution in [3.63, 3.8) is 0 Å². The summed E-state index contributed by atoms with van der Waals surface area (Å²) in [6.45, 7) is 0. The zero-order valence-corrected chi connectivity index (χ0v) is 16.1. The quantitative estimate of drug-likeness (QED) is 0.359. The molecule has 0 atom stereocenters. The van der Waals surface area contributed by atoms with E-state index in [0.29, 0.717) is 4.52 Å². The summed E-state index contributed by atoms with van der Waals surface area (Å²) in [6, 6.07) is 8.29. The number of nitro benzene ring substituents is 1. The molecule has 0 saturated heterocycles. The van der Waals surface area contributed by atoms with Crippen molar-refractivity contribution in [2.45, 2.75) is 6.18 Å². The third-order valence-corrected chi connectivity index (χ3v) is 4.32. The first-order valence-electron chi connectivity index (χ1n) is 8.82. The summed E-state index contributed by atoms with van der Waals surface area (Å²) in [5, 5.41) is 17.1. The summed E-state index contributed by atoms with van der Waals surface area (Å²) < 4.78 is 51.4. The van der Waals surface area contributed by atoms with Gasteiger partial charge >= 0.3 is 6.18 Å². The van der Waals surface area contributed by atoms with E-state index in [1.54, 1.807) is 0 Å². The van der Waals surface area contributed by atoms with E-state index < -0.39 is 22.7 Å². The molecule has 4 aromatic rings. The maximum atomic E-state index is 13.6. The van der Waals surface area contributed by atoms with Crippen molar-refractivity contribution in [3.05, 3.63) is 70.2 Å². The molecular weight excluding hydrogens is 435 g/mol. The average molecular weight is 447 g/mol. The Hall–Kier alpha value is -4.42. The van der Waals surface area contributed by atoms with Gasteiger partial charge in [0.2, 0.25) is 0 Å². The number of nitrogens with zero attached hydrogens (tertiary/aromatic N) is 4. The van der Waals surface area contributed by atoms with Gasteiger partial charge in [-0.15, -0.1) is 0 Å². The lowest BCUT2D eigenvalue weighted by Gasteiger charge is -2.09. The van der Waals surface area contributed by atoms with E-state index in [1.807, 2.05) is 0 Å². The Bertz CT molecular complexity index is 1330. The van der Waals surface area contributed by atoms with Gasteiger partial charge in [-0.25, -0.2) is 9.50 Å². The third-order valence-electron chi connectivity index (χ3n) is 4.32. The number of fused-ring (bicyclic) bond motifs is 1. The standard InChI is InChI=1S/C19H12F3N5O5/c1-31-12-6-10(5-11(7-12)27(29)30)23-18(28)14-9-17-24-13(15-3-2-4-32-15)8-16(19(20,21)22)26(17)25-14/h2-9H,1H3,(H,23,28). The molecule has 0 aliphatic carbocycles. The number of non-ortho nitro benzene ring substituents is 1. The van der Waals surface area contributed by atoms with Crippen molar-refractivity contribution in [2.24, 2.45) is 0 Å². The number of rotatable bonds is 5. The smallest absolute Gasteiger partial charge is 0.433 e. The number of nitrogens with one attached hydrogen (secondary N) is 1. The highest BCUT2D eigenvalue weighted by atomic mass is 19.4. The van der Waals surface area contributed by atoms with Crippen molar-refractivity contribution in [1.82, 2.24) is 14.6 Å². The van der Waals surface area contributed by atoms with Gasteiger partial charge in [0.05, 0.1) is 30.1 Å². The van der Waals surface area contributed by atoms with Crippen LogP contribution in [0.5, 0.6) is 5.75 Å². The molecule has 0 saturated carbocycles. The van der Waals surface area contributed by atoms with Crippen LogP contribution in [0.1, 0.15) is 16.2 Å². The van der Waals surface area contributed by atoms with Crippen LogP contribution in [0.4, 0.5) is 24.5 Å². The van der Waals surface area contributed by atoms with Crippen molar-refractivity contribution in [2.75, 3.05) is 12.4 Å². The normalized spacial score (nSPS) is 11.5. The van der Waals surface area contributed by atoms with Gasteiger partial charge < -0.3 is 14.5 Å². The van der Waals surface area contributed by atoms with Crippen LogP contribution >= 0.6 is 0 Å². The van der Waals surface area contributed by atoms with E-state index in [1.165, 1.54) is 31.6 Å². The van der Waals surface area contributed by atoms with Gasteiger partial charge in [-0.2, -0.15) is 18.3 Å². The van der Waals surface area contributed by atoms with E-state index in [2.05, 4.69) is 15.4 Å². The predicted octanol–water partition coefficient (Wildman–Crippen LogP) is 4.18.